The Balaban J connectivity index is 0.00000116. The molecular weight excluding hydrogens is 338 g/mol. The van der Waals surface area contributed by atoms with Crippen molar-refractivity contribution in [2.75, 3.05) is 11.6 Å². The predicted molar refractivity (Wildman–Crippen MR) is 98.6 cm³/mol. The predicted octanol–water partition coefficient (Wildman–Crippen LogP) is 4.81. The van der Waals surface area contributed by atoms with Gasteiger partial charge in [0.15, 0.2) is 9.84 Å². The molecule has 0 spiro atoms. The summed E-state index contributed by atoms with van der Waals surface area (Å²) >= 11 is 10.9. The summed E-state index contributed by atoms with van der Waals surface area (Å²) in [6.45, 7) is 4.00. The zero-order valence-corrected chi connectivity index (χ0v) is 15.0. The molecule has 6 heteroatoms. The quantitative estimate of drug-likeness (QED) is 0.800. The van der Waals surface area contributed by atoms with Gasteiger partial charge in [0.25, 0.3) is 0 Å². The van der Waals surface area contributed by atoms with Crippen molar-refractivity contribution in [3.8, 4) is 11.1 Å². The maximum Gasteiger partial charge on any atom is 0.175 e. The van der Waals surface area contributed by atoms with Crippen LogP contribution in [-0.2, 0) is 9.84 Å². The van der Waals surface area contributed by atoms with Crippen LogP contribution in [0, 0.1) is 0 Å². The summed E-state index contributed by atoms with van der Waals surface area (Å²) in [5.74, 6) is 0. The zero-order valence-electron chi connectivity index (χ0n) is 12.6. The minimum absolute atomic E-state index is 0.288. The molecule has 2 rings (SSSR count). The van der Waals surface area contributed by atoms with Crippen molar-refractivity contribution in [2.24, 2.45) is 0 Å². The van der Waals surface area contributed by atoms with E-state index in [-0.39, 0.29) is 4.90 Å². The number of thiocarbonyl (C=S) groups is 1. The Kier molecular flexibility index (Phi) is 7.00. The second-order valence-electron chi connectivity index (χ2n) is 4.25. The fourth-order valence-corrected chi connectivity index (χ4v) is 2.84. The fourth-order valence-electron chi connectivity index (χ4n) is 1.79. The van der Waals surface area contributed by atoms with E-state index in [2.05, 4.69) is 5.32 Å². The summed E-state index contributed by atoms with van der Waals surface area (Å²) in [5.41, 5.74) is 3.91. The van der Waals surface area contributed by atoms with E-state index in [4.69, 9.17) is 23.8 Å². The Morgan fingerprint density at radius 2 is 1.68 bits per heavy atom. The molecule has 0 saturated heterocycles. The maximum absolute atomic E-state index is 11.4. The lowest BCUT2D eigenvalue weighted by molar-refractivity contribution is 0.602. The van der Waals surface area contributed by atoms with Gasteiger partial charge in [0.2, 0.25) is 0 Å². The van der Waals surface area contributed by atoms with Crippen LogP contribution < -0.4 is 5.32 Å². The Morgan fingerprint density at radius 1 is 1.09 bits per heavy atom. The highest BCUT2D eigenvalue weighted by Gasteiger charge is 2.08. The monoisotopic (exact) mass is 355 g/mol. The van der Waals surface area contributed by atoms with Crippen LogP contribution in [0.2, 0.25) is 5.02 Å². The van der Waals surface area contributed by atoms with Gasteiger partial charge in [-0.2, -0.15) is 0 Å². The highest BCUT2D eigenvalue weighted by atomic mass is 35.5. The Hall–Kier alpha value is -1.43. The number of halogens is 1. The molecule has 22 heavy (non-hydrogen) atoms. The van der Waals surface area contributed by atoms with Crippen LogP contribution in [0.15, 0.2) is 47.4 Å². The van der Waals surface area contributed by atoms with Crippen LogP contribution in [0.25, 0.3) is 11.1 Å². The molecule has 0 heterocycles. The van der Waals surface area contributed by atoms with Gasteiger partial charge in [-0.25, -0.2) is 8.42 Å². The molecule has 1 N–H and O–H groups in total. The molecule has 0 unspecified atom stereocenters. The van der Waals surface area contributed by atoms with Crippen molar-refractivity contribution in [3.05, 3.63) is 47.5 Å². The van der Waals surface area contributed by atoms with E-state index in [9.17, 15) is 8.42 Å². The number of sulfone groups is 1. The van der Waals surface area contributed by atoms with Gasteiger partial charge in [-0.3, -0.25) is 0 Å². The second kappa shape index (κ2) is 8.27. The Morgan fingerprint density at radius 3 is 2.14 bits per heavy atom. The van der Waals surface area contributed by atoms with E-state index in [1.807, 2.05) is 26.0 Å². The Labute approximate surface area is 142 Å². The third-order valence-corrected chi connectivity index (χ3v) is 4.35. The molecule has 0 bridgehead atoms. The third kappa shape index (κ3) is 4.80. The normalized spacial score (nSPS) is 10.4. The first-order chi connectivity index (χ1) is 10.4. The lowest BCUT2D eigenvalue weighted by atomic mass is 10.1. The summed E-state index contributed by atoms with van der Waals surface area (Å²) in [4.78, 5) is 0.288. The van der Waals surface area contributed by atoms with Gasteiger partial charge in [0, 0.05) is 17.5 Å². The Bertz CT molecular complexity index is 741. The SMILES string of the molecule is CC.CS(=O)(=O)c1ccc(-c2ccc(NC=S)cc2Cl)cc1. The highest BCUT2D eigenvalue weighted by molar-refractivity contribution is 7.90. The van der Waals surface area contributed by atoms with Gasteiger partial charge < -0.3 is 5.32 Å². The minimum atomic E-state index is -3.18. The van der Waals surface area contributed by atoms with Crippen molar-refractivity contribution in [3.63, 3.8) is 0 Å². The number of hydrogen-bond donors (Lipinski definition) is 1. The molecule has 0 aliphatic heterocycles. The molecule has 0 fully saturated rings. The molecule has 0 atom stereocenters. The molecule has 118 valence electrons. The van der Waals surface area contributed by atoms with E-state index < -0.39 is 9.84 Å². The maximum atomic E-state index is 11.4. The fraction of sp³-hybridized carbons (Fsp3) is 0.188. The summed E-state index contributed by atoms with van der Waals surface area (Å²) in [7, 11) is -3.18. The molecule has 3 nitrogen and oxygen atoms in total. The molecule has 0 amide bonds. The molecule has 2 aromatic carbocycles. The van der Waals surface area contributed by atoms with E-state index in [0.717, 1.165) is 16.8 Å². The molecule has 0 aliphatic carbocycles. The lowest BCUT2D eigenvalue weighted by Crippen LogP contribution is -1.96. The molecule has 0 aliphatic rings. The van der Waals surface area contributed by atoms with Crippen LogP contribution in [0.4, 0.5) is 5.69 Å². The van der Waals surface area contributed by atoms with Crippen molar-refractivity contribution < 1.29 is 8.42 Å². The summed E-state index contributed by atoms with van der Waals surface area (Å²) in [6.07, 6.45) is 1.18. The molecule has 0 saturated carbocycles. The van der Waals surface area contributed by atoms with E-state index in [1.165, 1.54) is 11.7 Å². The topological polar surface area (TPSA) is 46.2 Å². The van der Waals surface area contributed by atoms with Crippen LogP contribution in [-0.4, -0.2) is 20.2 Å². The largest absolute Gasteiger partial charge is 0.353 e. The van der Waals surface area contributed by atoms with Crippen LogP contribution >= 0.6 is 23.8 Å². The minimum Gasteiger partial charge on any atom is -0.353 e. The average molecular weight is 356 g/mol. The van der Waals surface area contributed by atoms with E-state index >= 15 is 0 Å². The van der Waals surface area contributed by atoms with Gasteiger partial charge in [-0.1, -0.05) is 55.9 Å². The van der Waals surface area contributed by atoms with Crippen molar-refractivity contribution >= 4 is 44.8 Å². The first-order valence-corrected chi connectivity index (χ1v) is 9.46. The van der Waals surface area contributed by atoms with E-state index in [1.54, 1.807) is 30.3 Å². The van der Waals surface area contributed by atoms with Gasteiger partial charge in [-0.05, 0) is 29.8 Å². The van der Waals surface area contributed by atoms with Crippen molar-refractivity contribution in [1.29, 1.82) is 0 Å². The first kappa shape index (κ1) is 18.6. The zero-order chi connectivity index (χ0) is 16.8. The number of nitrogens with one attached hydrogen (secondary N) is 1. The number of anilines is 1. The molecule has 0 aromatic heterocycles. The van der Waals surface area contributed by atoms with Crippen LogP contribution in [0.3, 0.4) is 0 Å². The summed E-state index contributed by atoms with van der Waals surface area (Å²) in [5, 5.41) is 3.45. The van der Waals surface area contributed by atoms with Crippen LogP contribution in [0.1, 0.15) is 13.8 Å². The first-order valence-electron chi connectivity index (χ1n) is 6.72. The number of benzene rings is 2. The molecule has 0 radical (unpaired) electrons. The molecule has 2 aromatic rings. The van der Waals surface area contributed by atoms with E-state index in [0.29, 0.717) is 5.02 Å². The average Bonchev–Trinajstić information content (AvgIpc) is 2.49. The standard InChI is InChI=1S/C14H12ClNO2S2.C2H6/c1-20(17,18)12-5-2-10(3-6-12)13-7-4-11(16-9-19)8-14(13)15;1-2/h2-9H,1H3,(H,16,19);1-2H3. The van der Waals surface area contributed by atoms with Crippen molar-refractivity contribution in [1.82, 2.24) is 0 Å². The summed E-state index contributed by atoms with van der Waals surface area (Å²) in [6, 6.07) is 12.1. The number of hydrogen-bond acceptors (Lipinski definition) is 3. The van der Waals surface area contributed by atoms with Crippen molar-refractivity contribution in [2.45, 2.75) is 18.7 Å². The van der Waals surface area contributed by atoms with Gasteiger partial charge in [0.1, 0.15) is 0 Å². The smallest absolute Gasteiger partial charge is 0.175 e. The van der Waals surface area contributed by atoms with Gasteiger partial charge in [0.05, 0.1) is 15.4 Å². The summed E-state index contributed by atoms with van der Waals surface area (Å²) < 4.78 is 22.8. The second-order valence-corrected chi connectivity index (χ2v) is 6.91. The van der Waals surface area contributed by atoms with Gasteiger partial charge >= 0.3 is 0 Å². The van der Waals surface area contributed by atoms with Gasteiger partial charge in [-0.15, -0.1) is 0 Å². The van der Waals surface area contributed by atoms with Crippen LogP contribution in [0.5, 0.6) is 0 Å². The lowest BCUT2D eigenvalue weighted by Gasteiger charge is -2.08. The molecular formula is C16H18ClNO2S2. The number of rotatable bonds is 4. The highest BCUT2D eigenvalue weighted by Crippen LogP contribution is 2.30. The third-order valence-electron chi connectivity index (χ3n) is 2.79.